The number of ether oxygens (including phenoxy) is 2. The second kappa shape index (κ2) is 9.01. The number of esters is 1. The third kappa shape index (κ3) is 6.19. The number of hydrogen-bond donors (Lipinski definition) is 1. The standard InChI is InChI=1S/C19H26N2O7/c1-19(2,3)28-18(24)14-6-4-5-9-20(14)11-13-7-8-16(27-12-17(22)23)15(10-13)21(25)26/h7-8,10,14H,4-6,9,11-12H2,1-3H3,(H,22,23). The van der Waals surface area contributed by atoms with Gasteiger partial charge in [0.2, 0.25) is 0 Å². The van der Waals surface area contributed by atoms with Gasteiger partial charge in [0.25, 0.3) is 0 Å². The molecule has 1 unspecified atom stereocenters. The molecule has 1 N–H and O–H groups in total. The number of carboxylic acids is 1. The topological polar surface area (TPSA) is 119 Å². The normalized spacial score (nSPS) is 17.8. The van der Waals surface area contributed by atoms with E-state index >= 15 is 0 Å². The first-order chi connectivity index (χ1) is 13.1. The van der Waals surface area contributed by atoms with Gasteiger partial charge >= 0.3 is 17.6 Å². The highest BCUT2D eigenvalue weighted by Crippen LogP contribution is 2.30. The molecule has 2 rings (SSSR count). The lowest BCUT2D eigenvalue weighted by molar-refractivity contribution is -0.385. The van der Waals surface area contributed by atoms with Crippen molar-refractivity contribution in [2.24, 2.45) is 0 Å². The average molecular weight is 394 g/mol. The molecule has 1 aromatic carbocycles. The minimum absolute atomic E-state index is 0.0986. The van der Waals surface area contributed by atoms with Crippen LogP contribution in [0.4, 0.5) is 5.69 Å². The molecule has 154 valence electrons. The van der Waals surface area contributed by atoms with Crippen molar-refractivity contribution in [1.29, 1.82) is 0 Å². The van der Waals surface area contributed by atoms with Crippen LogP contribution in [0.1, 0.15) is 45.6 Å². The molecular formula is C19H26N2O7. The Morgan fingerprint density at radius 2 is 2.04 bits per heavy atom. The maximum Gasteiger partial charge on any atom is 0.341 e. The van der Waals surface area contributed by atoms with Gasteiger partial charge in [-0.05, 0) is 51.8 Å². The fraction of sp³-hybridized carbons (Fsp3) is 0.579. The third-order valence-electron chi connectivity index (χ3n) is 4.25. The van der Waals surface area contributed by atoms with Gasteiger partial charge in [-0.15, -0.1) is 0 Å². The van der Waals surface area contributed by atoms with Gasteiger partial charge in [0.05, 0.1) is 4.92 Å². The summed E-state index contributed by atoms with van der Waals surface area (Å²) in [6.45, 7) is 5.83. The highest BCUT2D eigenvalue weighted by Gasteiger charge is 2.32. The molecule has 0 bridgehead atoms. The summed E-state index contributed by atoms with van der Waals surface area (Å²) in [5.41, 5.74) is -0.239. The van der Waals surface area contributed by atoms with Crippen LogP contribution in [0, 0.1) is 10.1 Å². The lowest BCUT2D eigenvalue weighted by atomic mass is 10.0. The molecule has 9 nitrogen and oxygen atoms in total. The molecule has 0 aromatic heterocycles. The van der Waals surface area contributed by atoms with Crippen molar-refractivity contribution < 1.29 is 29.1 Å². The molecule has 1 fully saturated rings. The number of nitrogens with zero attached hydrogens (tertiary/aromatic N) is 2. The van der Waals surface area contributed by atoms with Crippen molar-refractivity contribution in [2.45, 2.75) is 58.2 Å². The molecule has 0 amide bonds. The monoisotopic (exact) mass is 394 g/mol. The maximum absolute atomic E-state index is 12.5. The molecule has 1 atom stereocenters. The Morgan fingerprint density at radius 3 is 2.64 bits per heavy atom. The Hall–Kier alpha value is -2.68. The van der Waals surface area contributed by atoms with E-state index in [1.165, 1.54) is 12.1 Å². The summed E-state index contributed by atoms with van der Waals surface area (Å²) in [4.78, 5) is 35.9. The van der Waals surface area contributed by atoms with Gasteiger partial charge in [-0.1, -0.05) is 12.5 Å². The van der Waals surface area contributed by atoms with Gasteiger partial charge in [0.15, 0.2) is 12.4 Å². The van der Waals surface area contributed by atoms with Crippen LogP contribution in [0.25, 0.3) is 0 Å². The second-order valence-corrected chi connectivity index (χ2v) is 7.76. The van der Waals surface area contributed by atoms with Crippen LogP contribution in [-0.2, 0) is 20.9 Å². The molecule has 0 saturated carbocycles. The molecule has 1 aromatic rings. The van der Waals surface area contributed by atoms with Crippen molar-refractivity contribution in [2.75, 3.05) is 13.2 Å². The number of nitro benzene ring substituents is 1. The summed E-state index contributed by atoms with van der Waals surface area (Å²) in [5.74, 6) is -1.60. The fourth-order valence-corrected chi connectivity index (χ4v) is 3.12. The molecule has 1 aliphatic rings. The van der Waals surface area contributed by atoms with E-state index in [9.17, 15) is 19.7 Å². The largest absolute Gasteiger partial charge is 0.479 e. The van der Waals surface area contributed by atoms with Crippen molar-refractivity contribution in [3.8, 4) is 5.75 Å². The lowest BCUT2D eigenvalue weighted by Gasteiger charge is -2.35. The molecule has 1 heterocycles. The van der Waals surface area contributed by atoms with E-state index in [2.05, 4.69) is 0 Å². The minimum atomic E-state index is -1.22. The SMILES string of the molecule is CC(C)(C)OC(=O)C1CCCCN1Cc1ccc(OCC(=O)O)c([N+](=O)[O-])c1. The Kier molecular flexibility index (Phi) is 6.95. The zero-order valence-corrected chi connectivity index (χ0v) is 16.3. The van der Waals surface area contributed by atoms with E-state index in [4.69, 9.17) is 14.6 Å². The molecule has 0 aliphatic carbocycles. The van der Waals surface area contributed by atoms with E-state index in [1.807, 2.05) is 25.7 Å². The van der Waals surface area contributed by atoms with Crippen LogP contribution in [0.5, 0.6) is 5.75 Å². The van der Waals surface area contributed by atoms with Crippen LogP contribution in [-0.4, -0.2) is 51.7 Å². The summed E-state index contributed by atoms with van der Waals surface area (Å²) in [6, 6.07) is 4.00. The molecule has 9 heteroatoms. The Morgan fingerprint density at radius 1 is 1.32 bits per heavy atom. The highest BCUT2D eigenvalue weighted by molar-refractivity contribution is 5.76. The van der Waals surface area contributed by atoms with Crippen LogP contribution in [0.2, 0.25) is 0 Å². The first-order valence-corrected chi connectivity index (χ1v) is 9.15. The van der Waals surface area contributed by atoms with Crippen molar-refractivity contribution in [3.63, 3.8) is 0 Å². The summed E-state index contributed by atoms with van der Waals surface area (Å²) in [7, 11) is 0. The Balaban J connectivity index is 2.17. The first-order valence-electron chi connectivity index (χ1n) is 9.15. The van der Waals surface area contributed by atoms with E-state index in [0.29, 0.717) is 25.1 Å². The number of carbonyl (C=O) groups excluding carboxylic acids is 1. The van der Waals surface area contributed by atoms with Crippen molar-refractivity contribution in [3.05, 3.63) is 33.9 Å². The predicted molar refractivity (Wildman–Crippen MR) is 100 cm³/mol. The van der Waals surface area contributed by atoms with E-state index < -0.39 is 29.1 Å². The zero-order valence-electron chi connectivity index (χ0n) is 16.3. The van der Waals surface area contributed by atoms with Gasteiger partial charge in [-0.3, -0.25) is 19.8 Å². The van der Waals surface area contributed by atoms with E-state index in [1.54, 1.807) is 6.07 Å². The molecular weight excluding hydrogens is 368 g/mol. The quantitative estimate of drug-likeness (QED) is 0.426. The highest BCUT2D eigenvalue weighted by atomic mass is 16.6. The number of nitro groups is 1. The number of carbonyl (C=O) groups is 2. The summed E-state index contributed by atoms with van der Waals surface area (Å²) >= 11 is 0. The third-order valence-corrected chi connectivity index (χ3v) is 4.25. The second-order valence-electron chi connectivity index (χ2n) is 7.76. The smallest absolute Gasteiger partial charge is 0.341 e. The molecule has 1 saturated heterocycles. The number of rotatable bonds is 7. The maximum atomic E-state index is 12.5. The van der Waals surface area contributed by atoms with Gasteiger partial charge in [-0.25, -0.2) is 4.79 Å². The first kappa shape index (κ1) is 21.6. The van der Waals surface area contributed by atoms with Crippen LogP contribution in [0.15, 0.2) is 18.2 Å². The molecule has 28 heavy (non-hydrogen) atoms. The number of hydrogen-bond acceptors (Lipinski definition) is 7. The van der Waals surface area contributed by atoms with Gasteiger partial charge in [0.1, 0.15) is 11.6 Å². The number of carboxylic acid groups (broad SMARTS) is 1. The summed E-state index contributed by atoms with van der Waals surface area (Å²) < 4.78 is 10.5. The van der Waals surface area contributed by atoms with Crippen molar-refractivity contribution >= 4 is 17.6 Å². The number of aliphatic carboxylic acids is 1. The molecule has 0 spiro atoms. The van der Waals surface area contributed by atoms with Gasteiger partial charge in [0, 0.05) is 12.6 Å². The van der Waals surface area contributed by atoms with Gasteiger partial charge < -0.3 is 14.6 Å². The predicted octanol–water partition coefficient (Wildman–Crippen LogP) is 2.75. The number of likely N-dealkylation sites (tertiary alicyclic amines) is 1. The summed E-state index contributed by atoms with van der Waals surface area (Å²) in [5, 5.41) is 20.0. The Bertz CT molecular complexity index is 742. The number of benzene rings is 1. The molecule has 1 aliphatic heterocycles. The Labute approximate surface area is 163 Å². The lowest BCUT2D eigenvalue weighted by Crippen LogP contribution is -2.46. The van der Waals surface area contributed by atoms with E-state index in [0.717, 1.165) is 12.8 Å². The van der Waals surface area contributed by atoms with Crippen LogP contribution in [0.3, 0.4) is 0 Å². The molecule has 0 radical (unpaired) electrons. The summed E-state index contributed by atoms with van der Waals surface area (Å²) in [6.07, 6.45) is 2.53. The zero-order chi connectivity index (χ0) is 20.9. The number of piperidine rings is 1. The van der Waals surface area contributed by atoms with Gasteiger partial charge in [-0.2, -0.15) is 0 Å². The fourth-order valence-electron chi connectivity index (χ4n) is 3.12. The van der Waals surface area contributed by atoms with Crippen LogP contribution >= 0.6 is 0 Å². The van der Waals surface area contributed by atoms with E-state index in [-0.39, 0.29) is 17.4 Å². The average Bonchev–Trinajstić information content (AvgIpc) is 2.59. The van der Waals surface area contributed by atoms with Crippen molar-refractivity contribution in [1.82, 2.24) is 4.90 Å². The van der Waals surface area contributed by atoms with Crippen LogP contribution < -0.4 is 4.74 Å². The minimum Gasteiger partial charge on any atom is -0.479 e.